The summed E-state index contributed by atoms with van der Waals surface area (Å²) in [6.45, 7) is 3.46. The van der Waals surface area contributed by atoms with E-state index >= 15 is 0 Å². The number of carbonyl (C=O) groups is 1. The van der Waals surface area contributed by atoms with Crippen molar-refractivity contribution in [1.82, 2.24) is 10.2 Å². The number of anilines is 2. The van der Waals surface area contributed by atoms with Gasteiger partial charge in [-0.25, -0.2) is 12.8 Å². The quantitative estimate of drug-likeness (QED) is 0.677. The van der Waals surface area contributed by atoms with Crippen LogP contribution in [0.3, 0.4) is 0 Å². The van der Waals surface area contributed by atoms with Gasteiger partial charge < -0.3 is 0 Å². The number of sulfonamides is 1. The monoisotopic (exact) mass is 406 g/mol. The Bertz CT molecular complexity index is 1100. The average molecular weight is 406 g/mol. The highest BCUT2D eigenvalue weighted by atomic mass is 32.2. The molecular weight excluding hydrogens is 391 g/mol. The second-order valence-corrected chi connectivity index (χ2v) is 8.53. The number of benzene rings is 2. The van der Waals surface area contributed by atoms with Crippen molar-refractivity contribution in [3.05, 3.63) is 64.4 Å². The zero-order valence-electron chi connectivity index (χ0n) is 14.4. The first-order valence-corrected chi connectivity index (χ1v) is 10.0. The van der Waals surface area contributed by atoms with Crippen molar-refractivity contribution in [1.29, 1.82) is 0 Å². The van der Waals surface area contributed by atoms with Gasteiger partial charge in [-0.1, -0.05) is 17.4 Å². The molecule has 2 aromatic carbocycles. The highest BCUT2D eigenvalue weighted by Crippen LogP contribution is 2.21. The van der Waals surface area contributed by atoms with Gasteiger partial charge in [-0.2, -0.15) is 0 Å². The molecule has 0 spiro atoms. The standard InChI is InChI=1S/C17H15FN4O3S2/c1-10-3-8-14(27(24,25)22-13-6-4-12(18)5-7-13)9-15(10)16(23)19-17-21-20-11(2)26-17/h3-9,22H,1-2H3,(H,19,21,23). The number of hydrogen-bond acceptors (Lipinski definition) is 6. The second kappa shape index (κ2) is 7.41. The first-order valence-electron chi connectivity index (χ1n) is 7.75. The van der Waals surface area contributed by atoms with Gasteiger partial charge in [-0.05, 0) is 55.8 Å². The normalized spacial score (nSPS) is 11.2. The van der Waals surface area contributed by atoms with E-state index in [9.17, 15) is 17.6 Å². The Labute approximate surface area is 159 Å². The van der Waals surface area contributed by atoms with Crippen LogP contribution in [-0.4, -0.2) is 24.5 Å². The maximum Gasteiger partial charge on any atom is 0.261 e. The van der Waals surface area contributed by atoms with Crippen LogP contribution in [0.25, 0.3) is 0 Å². The first-order chi connectivity index (χ1) is 12.7. The molecule has 0 bridgehead atoms. The minimum absolute atomic E-state index is 0.0870. The summed E-state index contributed by atoms with van der Waals surface area (Å²) >= 11 is 1.21. The molecule has 1 heterocycles. The van der Waals surface area contributed by atoms with E-state index in [4.69, 9.17) is 0 Å². The van der Waals surface area contributed by atoms with Crippen molar-refractivity contribution in [2.24, 2.45) is 0 Å². The number of amides is 1. The summed E-state index contributed by atoms with van der Waals surface area (Å²) in [6, 6.07) is 9.14. The van der Waals surface area contributed by atoms with Gasteiger partial charge in [0, 0.05) is 11.3 Å². The van der Waals surface area contributed by atoms with Gasteiger partial charge in [0.1, 0.15) is 10.8 Å². The smallest absolute Gasteiger partial charge is 0.261 e. The van der Waals surface area contributed by atoms with E-state index in [0.29, 0.717) is 15.7 Å². The largest absolute Gasteiger partial charge is 0.296 e. The molecule has 0 aliphatic heterocycles. The molecule has 1 amide bonds. The summed E-state index contributed by atoms with van der Waals surface area (Å²) in [6.07, 6.45) is 0. The van der Waals surface area contributed by atoms with Gasteiger partial charge in [0.05, 0.1) is 4.90 Å². The molecule has 0 aliphatic rings. The third kappa shape index (κ3) is 4.47. The van der Waals surface area contributed by atoms with Crippen molar-refractivity contribution in [3.63, 3.8) is 0 Å². The van der Waals surface area contributed by atoms with Crippen LogP contribution in [0.15, 0.2) is 47.4 Å². The van der Waals surface area contributed by atoms with Gasteiger partial charge in [0.25, 0.3) is 15.9 Å². The van der Waals surface area contributed by atoms with E-state index in [1.165, 1.54) is 35.6 Å². The second-order valence-electron chi connectivity index (χ2n) is 5.67. The number of rotatable bonds is 5. The molecule has 0 saturated heterocycles. The van der Waals surface area contributed by atoms with Crippen LogP contribution in [0.5, 0.6) is 0 Å². The lowest BCUT2D eigenvalue weighted by Gasteiger charge is -2.11. The molecule has 3 rings (SSSR count). The molecule has 2 N–H and O–H groups in total. The summed E-state index contributed by atoms with van der Waals surface area (Å²) < 4.78 is 40.5. The molecule has 3 aromatic rings. The minimum Gasteiger partial charge on any atom is -0.296 e. The van der Waals surface area contributed by atoms with E-state index in [2.05, 4.69) is 20.2 Å². The summed E-state index contributed by atoms with van der Waals surface area (Å²) in [5.41, 5.74) is 1.02. The Kier molecular flexibility index (Phi) is 5.19. The Morgan fingerprint density at radius 2 is 1.78 bits per heavy atom. The van der Waals surface area contributed by atoms with Crippen molar-refractivity contribution in [2.45, 2.75) is 18.7 Å². The van der Waals surface area contributed by atoms with E-state index < -0.39 is 21.7 Å². The van der Waals surface area contributed by atoms with Gasteiger partial charge in [0.15, 0.2) is 0 Å². The molecule has 1 aromatic heterocycles. The molecule has 0 aliphatic carbocycles. The predicted molar refractivity (Wildman–Crippen MR) is 101 cm³/mol. The van der Waals surface area contributed by atoms with Crippen LogP contribution in [0.4, 0.5) is 15.2 Å². The SMILES string of the molecule is Cc1nnc(NC(=O)c2cc(S(=O)(=O)Nc3ccc(F)cc3)ccc2C)s1. The molecule has 7 nitrogen and oxygen atoms in total. The lowest BCUT2D eigenvalue weighted by molar-refractivity contribution is 0.102. The van der Waals surface area contributed by atoms with Crippen LogP contribution in [0, 0.1) is 19.7 Å². The molecular formula is C17H15FN4O3S2. The predicted octanol–water partition coefficient (Wildman–Crippen LogP) is 3.35. The Balaban J connectivity index is 1.87. The highest BCUT2D eigenvalue weighted by Gasteiger charge is 2.19. The summed E-state index contributed by atoms with van der Waals surface area (Å²) in [7, 11) is -3.95. The lowest BCUT2D eigenvalue weighted by atomic mass is 10.1. The topological polar surface area (TPSA) is 101 Å². The van der Waals surface area contributed by atoms with Crippen molar-refractivity contribution < 1.29 is 17.6 Å². The van der Waals surface area contributed by atoms with Gasteiger partial charge in [0.2, 0.25) is 5.13 Å². The molecule has 10 heteroatoms. The summed E-state index contributed by atoms with van der Waals surface area (Å²) in [4.78, 5) is 12.4. The summed E-state index contributed by atoms with van der Waals surface area (Å²) in [5, 5.41) is 11.3. The molecule has 0 saturated carbocycles. The average Bonchev–Trinajstić information content (AvgIpc) is 3.01. The third-order valence-corrected chi connectivity index (χ3v) is 5.74. The van der Waals surface area contributed by atoms with Gasteiger partial charge in [-0.3, -0.25) is 14.8 Å². The molecule has 0 fully saturated rings. The molecule has 0 atom stereocenters. The van der Waals surface area contributed by atoms with E-state index in [-0.39, 0.29) is 16.1 Å². The number of hydrogen-bond donors (Lipinski definition) is 2. The Hall–Kier alpha value is -2.85. The number of nitrogens with one attached hydrogen (secondary N) is 2. The zero-order valence-corrected chi connectivity index (χ0v) is 16.0. The molecule has 0 unspecified atom stereocenters. The van der Waals surface area contributed by atoms with Crippen LogP contribution < -0.4 is 10.0 Å². The third-order valence-electron chi connectivity index (χ3n) is 3.61. The van der Waals surface area contributed by atoms with E-state index in [0.717, 1.165) is 12.1 Å². The molecule has 140 valence electrons. The number of aryl methyl sites for hydroxylation is 2. The highest BCUT2D eigenvalue weighted by molar-refractivity contribution is 7.92. The van der Waals surface area contributed by atoms with Gasteiger partial charge >= 0.3 is 0 Å². The minimum atomic E-state index is -3.95. The Morgan fingerprint density at radius 3 is 2.41 bits per heavy atom. The number of nitrogens with zero attached hydrogens (tertiary/aromatic N) is 2. The van der Waals surface area contributed by atoms with Crippen LogP contribution in [0.1, 0.15) is 20.9 Å². The number of carbonyl (C=O) groups excluding carboxylic acids is 1. The fraction of sp³-hybridized carbons (Fsp3) is 0.118. The van der Waals surface area contributed by atoms with Crippen LogP contribution >= 0.6 is 11.3 Å². The zero-order chi connectivity index (χ0) is 19.6. The van der Waals surface area contributed by atoms with Crippen molar-refractivity contribution in [3.8, 4) is 0 Å². The van der Waals surface area contributed by atoms with Gasteiger partial charge in [-0.15, -0.1) is 10.2 Å². The summed E-state index contributed by atoms with van der Waals surface area (Å²) in [5.74, 6) is -0.957. The number of halogens is 1. The number of aromatic nitrogens is 2. The maximum absolute atomic E-state index is 13.0. The first kappa shape index (κ1) is 18.9. The maximum atomic E-state index is 13.0. The Morgan fingerprint density at radius 1 is 1.07 bits per heavy atom. The van der Waals surface area contributed by atoms with E-state index in [1.54, 1.807) is 19.9 Å². The lowest BCUT2D eigenvalue weighted by Crippen LogP contribution is -2.17. The fourth-order valence-electron chi connectivity index (χ4n) is 2.26. The molecule has 27 heavy (non-hydrogen) atoms. The fourth-order valence-corrected chi connectivity index (χ4v) is 3.93. The van der Waals surface area contributed by atoms with Crippen molar-refractivity contribution >= 4 is 38.1 Å². The van der Waals surface area contributed by atoms with Crippen LogP contribution in [-0.2, 0) is 10.0 Å². The molecule has 0 radical (unpaired) electrons. The van der Waals surface area contributed by atoms with Crippen LogP contribution in [0.2, 0.25) is 0 Å². The van der Waals surface area contributed by atoms with E-state index in [1.807, 2.05) is 0 Å². The van der Waals surface area contributed by atoms with Crippen molar-refractivity contribution in [2.75, 3.05) is 10.0 Å².